The maximum Gasteiger partial charge on any atom is 0.280 e. The second-order valence-corrected chi connectivity index (χ2v) is 8.29. The molecular formula is C15H16ClN3O4S2. The predicted molar refractivity (Wildman–Crippen MR) is 98.1 cm³/mol. The van der Waals surface area contributed by atoms with Crippen LogP contribution < -0.4 is 11.5 Å². The Bertz CT molecular complexity index is 941. The Morgan fingerprint density at radius 3 is 2.20 bits per heavy atom. The van der Waals surface area contributed by atoms with Gasteiger partial charge in [0.2, 0.25) is 0 Å². The number of rotatable bonds is 4. The fourth-order valence-electron chi connectivity index (χ4n) is 1.94. The van der Waals surface area contributed by atoms with E-state index < -0.39 is 32.5 Å². The number of carbonyl (C=O) groups excluding carboxylic acids is 1. The summed E-state index contributed by atoms with van der Waals surface area (Å²) >= 11 is 0. The van der Waals surface area contributed by atoms with E-state index in [-0.39, 0.29) is 27.8 Å². The zero-order chi connectivity index (χ0) is 17.9. The van der Waals surface area contributed by atoms with E-state index in [1.807, 2.05) is 0 Å². The smallest absolute Gasteiger partial charge is 0.280 e. The molecule has 2 aromatic rings. The van der Waals surface area contributed by atoms with Gasteiger partial charge in [-0.25, -0.2) is 12.6 Å². The molecule has 1 unspecified atom stereocenters. The Balaban J connectivity index is 0.00000312. The number of benzene rings is 2. The van der Waals surface area contributed by atoms with E-state index in [0.717, 1.165) is 12.3 Å². The minimum Gasteiger partial charge on any atom is -0.370 e. The molecule has 0 aliphatic carbocycles. The Morgan fingerprint density at radius 2 is 1.68 bits per heavy atom. The lowest BCUT2D eigenvalue weighted by atomic mass is 10.2. The highest BCUT2D eigenvalue weighted by atomic mass is 35.5. The minimum atomic E-state index is -3.73. The maximum absolute atomic E-state index is 12.7. The van der Waals surface area contributed by atoms with Crippen molar-refractivity contribution in [3.05, 3.63) is 54.1 Å². The average molecular weight is 402 g/mol. The van der Waals surface area contributed by atoms with Crippen molar-refractivity contribution in [1.29, 1.82) is 0 Å². The lowest BCUT2D eigenvalue weighted by molar-refractivity contribution is 0.100. The molecule has 0 fully saturated rings. The highest BCUT2D eigenvalue weighted by Crippen LogP contribution is 2.25. The van der Waals surface area contributed by atoms with Gasteiger partial charge in [0.25, 0.3) is 5.91 Å². The molecule has 25 heavy (non-hydrogen) atoms. The highest BCUT2D eigenvalue weighted by molar-refractivity contribution is 7.92. The molecule has 1 amide bonds. The van der Waals surface area contributed by atoms with Gasteiger partial charge in [0.05, 0.1) is 20.6 Å². The number of hydrogen-bond acceptors (Lipinski definition) is 4. The molecule has 0 radical (unpaired) electrons. The van der Waals surface area contributed by atoms with Crippen molar-refractivity contribution in [2.45, 2.75) is 14.7 Å². The first-order valence-corrected chi connectivity index (χ1v) is 9.69. The number of guanidine groups is 1. The van der Waals surface area contributed by atoms with Crippen LogP contribution in [0.3, 0.4) is 0 Å². The second-order valence-electron chi connectivity index (χ2n) is 4.86. The SMILES string of the molecule is CS(=O)(=O)c1cc(C(=O)N=C(N)N)ccc1S(=O)c1ccccc1.Cl. The van der Waals surface area contributed by atoms with E-state index in [0.29, 0.717) is 4.90 Å². The molecule has 10 heteroatoms. The number of carbonyl (C=O) groups is 1. The Morgan fingerprint density at radius 1 is 1.08 bits per heavy atom. The van der Waals surface area contributed by atoms with Gasteiger partial charge < -0.3 is 11.5 Å². The first-order chi connectivity index (χ1) is 11.2. The molecule has 7 nitrogen and oxygen atoms in total. The molecule has 0 aliphatic heterocycles. The predicted octanol–water partition coefficient (Wildman–Crippen LogP) is 1.09. The fraction of sp³-hybridized carbons (Fsp3) is 0.0667. The second kappa shape index (κ2) is 8.24. The molecule has 0 saturated heterocycles. The molecule has 0 spiro atoms. The van der Waals surface area contributed by atoms with E-state index >= 15 is 0 Å². The van der Waals surface area contributed by atoms with Crippen LogP contribution in [0.15, 0.2) is 68.2 Å². The zero-order valence-corrected chi connectivity index (χ0v) is 15.5. The standard InChI is InChI=1S/C15H15N3O4S2.ClH/c1-24(21,22)13-9-10(14(19)18-15(16)17)7-8-12(13)23(20)11-5-3-2-4-6-11;/h2-9H,1H3,(H4,16,17,18,19);1H. The van der Waals surface area contributed by atoms with Crippen molar-refractivity contribution in [3.8, 4) is 0 Å². The third-order valence-electron chi connectivity index (χ3n) is 2.98. The van der Waals surface area contributed by atoms with E-state index in [1.165, 1.54) is 12.1 Å². The molecular weight excluding hydrogens is 386 g/mol. The molecule has 2 aromatic carbocycles. The number of sulfone groups is 1. The van der Waals surface area contributed by atoms with Crippen LogP contribution in [0.1, 0.15) is 10.4 Å². The van der Waals surface area contributed by atoms with Crippen LogP contribution in [0.25, 0.3) is 0 Å². The van der Waals surface area contributed by atoms with Crippen molar-refractivity contribution in [2.24, 2.45) is 16.5 Å². The lowest BCUT2D eigenvalue weighted by Gasteiger charge is -2.09. The topological polar surface area (TPSA) is 133 Å². The molecule has 0 bridgehead atoms. The summed E-state index contributed by atoms with van der Waals surface area (Å²) in [4.78, 5) is 15.6. The van der Waals surface area contributed by atoms with Crippen molar-refractivity contribution >= 4 is 44.9 Å². The molecule has 0 heterocycles. The van der Waals surface area contributed by atoms with Crippen LogP contribution in [-0.2, 0) is 20.6 Å². The summed E-state index contributed by atoms with van der Waals surface area (Å²) in [6.45, 7) is 0. The number of nitrogens with two attached hydrogens (primary N) is 2. The van der Waals surface area contributed by atoms with Gasteiger partial charge in [-0.15, -0.1) is 12.4 Å². The third kappa shape index (κ3) is 5.12. The summed E-state index contributed by atoms with van der Waals surface area (Å²) in [6.07, 6.45) is 0.975. The van der Waals surface area contributed by atoms with Gasteiger partial charge >= 0.3 is 0 Å². The van der Waals surface area contributed by atoms with Crippen LogP contribution in [0.4, 0.5) is 0 Å². The number of amides is 1. The Kier molecular flexibility index (Phi) is 6.86. The van der Waals surface area contributed by atoms with Gasteiger partial charge in [-0.05, 0) is 30.3 Å². The minimum absolute atomic E-state index is 0. The summed E-state index contributed by atoms with van der Waals surface area (Å²) in [7, 11) is -5.44. The first-order valence-electron chi connectivity index (χ1n) is 6.65. The zero-order valence-electron chi connectivity index (χ0n) is 13.1. The van der Waals surface area contributed by atoms with Crippen molar-refractivity contribution in [1.82, 2.24) is 0 Å². The highest BCUT2D eigenvalue weighted by Gasteiger charge is 2.21. The summed E-state index contributed by atoms with van der Waals surface area (Å²) in [5, 5.41) is 0. The molecule has 4 N–H and O–H groups in total. The van der Waals surface area contributed by atoms with Gasteiger partial charge in [0.1, 0.15) is 0 Å². The molecule has 0 saturated carbocycles. The van der Waals surface area contributed by atoms with E-state index in [9.17, 15) is 17.4 Å². The van der Waals surface area contributed by atoms with Gasteiger partial charge in [-0.1, -0.05) is 18.2 Å². The Hall–Kier alpha value is -2.23. The Labute approximate surface area is 153 Å². The van der Waals surface area contributed by atoms with Crippen LogP contribution in [0.2, 0.25) is 0 Å². The van der Waals surface area contributed by atoms with Crippen molar-refractivity contribution < 1.29 is 17.4 Å². The number of nitrogens with zero attached hydrogens (tertiary/aromatic N) is 1. The lowest BCUT2D eigenvalue weighted by Crippen LogP contribution is -2.24. The summed E-state index contributed by atoms with van der Waals surface area (Å²) in [6, 6.07) is 12.2. The van der Waals surface area contributed by atoms with Crippen LogP contribution in [-0.4, -0.2) is 30.7 Å². The molecule has 134 valence electrons. The van der Waals surface area contributed by atoms with Gasteiger partial charge in [-0.3, -0.25) is 4.79 Å². The van der Waals surface area contributed by atoms with Crippen LogP contribution >= 0.6 is 12.4 Å². The average Bonchev–Trinajstić information content (AvgIpc) is 2.53. The van der Waals surface area contributed by atoms with Crippen molar-refractivity contribution in [2.75, 3.05) is 6.26 Å². The normalized spacial score (nSPS) is 11.9. The number of halogens is 1. The third-order valence-corrected chi connectivity index (χ3v) is 5.70. The van der Waals surface area contributed by atoms with Crippen molar-refractivity contribution in [3.63, 3.8) is 0 Å². The van der Waals surface area contributed by atoms with Gasteiger partial charge in [-0.2, -0.15) is 4.99 Å². The fourth-order valence-corrected chi connectivity index (χ4v) is 4.48. The summed E-state index contributed by atoms with van der Waals surface area (Å²) < 4.78 is 36.8. The monoisotopic (exact) mass is 401 g/mol. The van der Waals surface area contributed by atoms with Crippen LogP contribution in [0, 0.1) is 0 Å². The van der Waals surface area contributed by atoms with Gasteiger partial charge in [0.15, 0.2) is 15.8 Å². The molecule has 1 atom stereocenters. The van der Waals surface area contributed by atoms with Crippen LogP contribution in [0.5, 0.6) is 0 Å². The maximum atomic E-state index is 12.7. The first kappa shape index (κ1) is 20.8. The van der Waals surface area contributed by atoms with E-state index in [2.05, 4.69) is 4.99 Å². The molecule has 2 rings (SSSR count). The van der Waals surface area contributed by atoms with Gasteiger partial charge in [0, 0.05) is 16.7 Å². The number of aliphatic imine (C=N–C) groups is 1. The summed E-state index contributed by atoms with van der Waals surface area (Å²) in [5.41, 5.74) is 10.3. The molecule has 0 aromatic heterocycles. The van der Waals surface area contributed by atoms with E-state index in [1.54, 1.807) is 30.3 Å². The number of hydrogen-bond donors (Lipinski definition) is 2. The molecule has 0 aliphatic rings. The quantitative estimate of drug-likeness (QED) is 0.582. The summed E-state index contributed by atoms with van der Waals surface area (Å²) in [5.74, 6) is -1.21. The largest absolute Gasteiger partial charge is 0.370 e. The van der Waals surface area contributed by atoms with E-state index in [4.69, 9.17) is 11.5 Å².